The molecule has 0 N–H and O–H groups in total. The molecule has 0 aliphatic carbocycles. The Hall–Kier alpha value is -2.15. The second kappa shape index (κ2) is 6.87. The highest BCUT2D eigenvalue weighted by Crippen LogP contribution is 2.25. The van der Waals surface area contributed by atoms with Gasteiger partial charge in [-0.05, 0) is 37.3 Å². The van der Waals surface area contributed by atoms with Gasteiger partial charge in [-0.2, -0.15) is 4.52 Å². The van der Waals surface area contributed by atoms with E-state index in [0.717, 1.165) is 29.6 Å². The number of hydrogen-bond acceptors (Lipinski definition) is 5. The molecule has 0 unspecified atom stereocenters. The molecule has 26 heavy (non-hydrogen) atoms. The first-order chi connectivity index (χ1) is 12.5. The molecule has 1 amide bonds. The molecule has 1 saturated heterocycles. The third-order valence-electron chi connectivity index (χ3n) is 4.80. The molecule has 0 saturated carbocycles. The highest BCUT2D eigenvalue weighted by atomic mass is 32.2. The molecule has 3 aromatic rings. The van der Waals surface area contributed by atoms with Gasteiger partial charge in [-0.25, -0.2) is 9.97 Å². The molecule has 0 bridgehead atoms. The van der Waals surface area contributed by atoms with E-state index in [9.17, 15) is 4.79 Å². The predicted octanol–water partition coefficient (Wildman–Crippen LogP) is 3.18. The van der Waals surface area contributed by atoms with E-state index in [1.807, 2.05) is 36.1 Å². The number of aryl methyl sites for hydroxylation is 1. The summed E-state index contributed by atoms with van der Waals surface area (Å²) in [6.07, 6.45) is 1.20. The molecule has 2 aromatic heterocycles. The van der Waals surface area contributed by atoms with Gasteiger partial charge < -0.3 is 4.90 Å². The van der Waals surface area contributed by atoms with Crippen LogP contribution in [-0.2, 0) is 4.79 Å². The van der Waals surface area contributed by atoms with Crippen molar-refractivity contribution in [3.05, 3.63) is 30.1 Å². The fourth-order valence-electron chi connectivity index (χ4n) is 3.81. The molecule has 7 heteroatoms. The zero-order valence-electron chi connectivity index (χ0n) is 15.3. The Morgan fingerprint density at radius 2 is 1.92 bits per heavy atom. The van der Waals surface area contributed by atoms with Crippen LogP contribution >= 0.6 is 11.8 Å². The van der Waals surface area contributed by atoms with Crippen LogP contribution in [0.25, 0.3) is 16.6 Å². The lowest BCUT2D eigenvalue weighted by Gasteiger charge is -2.34. The maximum Gasteiger partial charge on any atom is 0.233 e. The topological polar surface area (TPSA) is 63.4 Å². The van der Waals surface area contributed by atoms with Gasteiger partial charge in [0.25, 0.3) is 0 Å². The standard InChI is InChI=1S/C19H23N5OS/c1-12-8-13(2)10-23(9-12)17(25)11-26-19-21-16-7-5-4-6-15(16)18-20-14(3)22-24(18)19/h4-7,12-13H,8-11H2,1-3H3/t12-,13-/m0/s1. The molecular weight excluding hydrogens is 346 g/mol. The molecule has 1 aromatic carbocycles. The number of carbonyl (C=O) groups excluding carboxylic acids is 1. The van der Waals surface area contributed by atoms with E-state index in [1.165, 1.54) is 18.2 Å². The lowest BCUT2D eigenvalue weighted by atomic mass is 9.92. The molecule has 6 nitrogen and oxygen atoms in total. The van der Waals surface area contributed by atoms with Crippen LogP contribution in [0.4, 0.5) is 0 Å². The predicted molar refractivity (Wildman–Crippen MR) is 103 cm³/mol. The number of carbonyl (C=O) groups is 1. The van der Waals surface area contributed by atoms with Gasteiger partial charge in [0.2, 0.25) is 5.91 Å². The average molecular weight is 369 g/mol. The SMILES string of the molecule is Cc1nc2c3ccccc3nc(SCC(=O)N3C[C@@H](C)C[C@H](C)C3)n2n1. The van der Waals surface area contributed by atoms with Gasteiger partial charge in [0.1, 0.15) is 5.82 Å². The first kappa shape index (κ1) is 17.3. The summed E-state index contributed by atoms with van der Waals surface area (Å²) in [6, 6.07) is 7.91. The lowest BCUT2D eigenvalue weighted by Crippen LogP contribution is -2.43. The summed E-state index contributed by atoms with van der Waals surface area (Å²) in [5.74, 6) is 2.38. The fraction of sp³-hybridized carbons (Fsp3) is 0.474. The molecule has 1 aliphatic rings. The Kier molecular flexibility index (Phi) is 4.56. The van der Waals surface area contributed by atoms with Crippen molar-refractivity contribution < 1.29 is 4.79 Å². The third-order valence-corrected chi connectivity index (χ3v) is 5.72. The number of hydrogen-bond donors (Lipinski definition) is 0. The van der Waals surface area contributed by atoms with Crippen molar-refractivity contribution in [1.82, 2.24) is 24.5 Å². The van der Waals surface area contributed by atoms with E-state index >= 15 is 0 Å². The van der Waals surface area contributed by atoms with Gasteiger partial charge in [0.05, 0.1) is 11.3 Å². The van der Waals surface area contributed by atoms with Crippen molar-refractivity contribution >= 4 is 34.2 Å². The van der Waals surface area contributed by atoms with E-state index in [1.54, 1.807) is 4.52 Å². The number of amides is 1. The van der Waals surface area contributed by atoms with Crippen LogP contribution in [0, 0.1) is 18.8 Å². The lowest BCUT2D eigenvalue weighted by molar-refractivity contribution is -0.130. The maximum atomic E-state index is 12.7. The van der Waals surface area contributed by atoms with E-state index in [-0.39, 0.29) is 5.91 Å². The van der Waals surface area contributed by atoms with Crippen LogP contribution in [0.2, 0.25) is 0 Å². The number of benzene rings is 1. The molecule has 2 atom stereocenters. The van der Waals surface area contributed by atoms with Crippen molar-refractivity contribution in [2.45, 2.75) is 32.3 Å². The second-order valence-electron chi connectivity index (χ2n) is 7.34. The number of aromatic nitrogens is 4. The number of fused-ring (bicyclic) bond motifs is 3. The third kappa shape index (κ3) is 3.28. The van der Waals surface area contributed by atoms with Crippen molar-refractivity contribution in [2.24, 2.45) is 11.8 Å². The normalized spacial score (nSPS) is 20.8. The summed E-state index contributed by atoms with van der Waals surface area (Å²) in [5.41, 5.74) is 1.67. The van der Waals surface area contributed by atoms with E-state index in [0.29, 0.717) is 28.6 Å². The maximum absolute atomic E-state index is 12.7. The molecule has 3 heterocycles. The summed E-state index contributed by atoms with van der Waals surface area (Å²) in [5, 5.41) is 6.16. The van der Waals surface area contributed by atoms with Crippen LogP contribution in [-0.4, -0.2) is 49.2 Å². The van der Waals surface area contributed by atoms with Crippen molar-refractivity contribution in [3.63, 3.8) is 0 Å². The monoisotopic (exact) mass is 369 g/mol. The number of likely N-dealkylation sites (tertiary alicyclic amines) is 1. The van der Waals surface area contributed by atoms with Gasteiger partial charge >= 0.3 is 0 Å². The van der Waals surface area contributed by atoms with Crippen LogP contribution in [0.3, 0.4) is 0 Å². The largest absolute Gasteiger partial charge is 0.341 e. The fourth-order valence-corrected chi connectivity index (χ4v) is 4.66. The molecule has 1 fully saturated rings. The Morgan fingerprint density at radius 3 is 2.69 bits per heavy atom. The van der Waals surface area contributed by atoms with E-state index in [4.69, 9.17) is 4.98 Å². The highest BCUT2D eigenvalue weighted by Gasteiger charge is 2.25. The Morgan fingerprint density at radius 1 is 1.19 bits per heavy atom. The minimum atomic E-state index is 0.174. The molecule has 4 rings (SSSR count). The number of nitrogens with zero attached hydrogens (tertiary/aromatic N) is 5. The van der Waals surface area contributed by atoms with Gasteiger partial charge in [-0.1, -0.05) is 37.7 Å². The number of thioether (sulfide) groups is 1. The Bertz CT molecular complexity index is 959. The second-order valence-corrected chi connectivity index (χ2v) is 8.28. The molecule has 0 spiro atoms. The van der Waals surface area contributed by atoms with Gasteiger partial charge in [-0.3, -0.25) is 4.79 Å². The molecule has 136 valence electrons. The number of piperidine rings is 1. The smallest absolute Gasteiger partial charge is 0.233 e. The van der Waals surface area contributed by atoms with Gasteiger partial charge in [-0.15, -0.1) is 5.10 Å². The molecule has 1 aliphatic heterocycles. The van der Waals surface area contributed by atoms with Crippen molar-refractivity contribution in [1.29, 1.82) is 0 Å². The minimum Gasteiger partial charge on any atom is -0.341 e. The summed E-state index contributed by atoms with van der Waals surface area (Å²) >= 11 is 1.44. The zero-order valence-corrected chi connectivity index (χ0v) is 16.2. The number of rotatable bonds is 3. The van der Waals surface area contributed by atoms with E-state index in [2.05, 4.69) is 23.9 Å². The summed E-state index contributed by atoms with van der Waals surface area (Å²) in [6.45, 7) is 8.02. The minimum absolute atomic E-state index is 0.174. The summed E-state index contributed by atoms with van der Waals surface area (Å²) in [7, 11) is 0. The average Bonchev–Trinajstić information content (AvgIpc) is 3.00. The van der Waals surface area contributed by atoms with Crippen LogP contribution in [0.1, 0.15) is 26.1 Å². The summed E-state index contributed by atoms with van der Waals surface area (Å²) < 4.78 is 1.76. The molecule has 0 radical (unpaired) electrons. The first-order valence-corrected chi connectivity index (χ1v) is 10.0. The first-order valence-electron chi connectivity index (χ1n) is 9.04. The van der Waals surface area contributed by atoms with Crippen LogP contribution in [0.15, 0.2) is 29.4 Å². The van der Waals surface area contributed by atoms with Crippen molar-refractivity contribution in [2.75, 3.05) is 18.8 Å². The van der Waals surface area contributed by atoms with Gasteiger partial charge in [0, 0.05) is 18.5 Å². The van der Waals surface area contributed by atoms with Crippen LogP contribution < -0.4 is 0 Å². The Balaban J connectivity index is 1.59. The van der Waals surface area contributed by atoms with Crippen molar-refractivity contribution in [3.8, 4) is 0 Å². The molecular formula is C19H23N5OS. The zero-order chi connectivity index (χ0) is 18.3. The van der Waals surface area contributed by atoms with Gasteiger partial charge in [0.15, 0.2) is 10.8 Å². The Labute approximate surface area is 157 Å². The van der Waals surface area contributed by atoms with E-state index < -0.39 is 0 Å². The quantitative estimate of drug-likeness (QED) is 0.524. The summed E-state index contributed by atoms with van der Waals surface area (Å²) in [4.78, 5) is 24.0. The van der Waals surface area contributed by atoms with Crippen LogP contribution in [0.5, 0.6) is 0 Å². The number of para-hydroxylation sites is 1. The highest BCUT2D eigenvalue weighted by molar-refractivity contribution is 7.99.